The Balaban J connectivity index is 1.65. The lowest BCUT2D eigenvalue weighted by Crippen LogP contribution is -2.57. The summed E-state index contributed by atoms with van der Waals surface area (Å²) in [6, 6.07) is 12.7. The fraction of sp³-hybridized carbons (Fsp3) is 0.357. The number of benzene rings is 2. The molecular formula is C28H35N5O5. The number of carbonyl (C=O) groups is 4. The van der Waals surface area contributed by atoms with Crippen molar-refractivity contribution in [1.82, 2.24) is 20.9 Å². The third-order valence-corrected chi connectivity index (χ3v) is 6.35. The summed E-state index contributed by atoms with van der Waals surface area (Å²) in [5, 5.41) is 18.2. The Bertz CT molecular complexity index is 1270. The van der Waals surface area contributed by atoms with E-state index in [9.17, 15) is 24.3 Å². The van der Waals surface area contributed by atoms with Crippen molar-refractivity contribution in [3.8, 4) is 0 Å². The maximum absolute atomic E-state index is 13.0. The summed E-state index contributed by atoms with van der Waals surface area (Å²) in [7, 11) is 0. The average molecular weight is 522 g/mol. The maximum atomic E-state index is 13.0. The van der Waals surface area contributed by atoms with Crippen molar-refractivity contribution in [2.75, 3.05) is 0 Å². The van der Waals surface area contributed by atoms with Crippen molar-refractivity contribution >= 4 is 34.6 Å². The van der Waals surface area contributed by atoms with E-state index in [-0.39, 0.29) is 18.8 Å². The molecule has 10 heteroatoms. The van der Waals surface area contributed by atoms with E-state index in [2.05, 4.69) is 20.9 Å². The Morgan fingerprint density at radius 2 is 1.50 bits per heavy atom. The first kappa shape index (κ1) is 28.4. The summed E-state index contributed by atoms with van der Waals surface area (Å²) < 4.78 is 0. The number of hydrogen-bond donors (Lipinski definition) is 6. The predicted molar refractivity (Wildman–Crippen MR) is 144 cm³/mol. The number of nitrogens with two attached hydrogens (primary N) is 1. The van der Waals surface area contributed by atoms with Crippen LogP contribution in [0.4, 0.5) is 0 Å². The molecule has 4 atom stereocenters. The van der Waals surface area contributed by atoms with Crippen LogP contribution in [0, 0.1) is 5.92 Å². The van der Waals surface area contributed by atoms with Crippen LogP contribution in [0.2, 0.25) is 0 Å². The number of rotatable bonds is 12. The van der Waals surface area contributed by atoms with Gasteiger partial charge in [-0.2, -0.15) is 0 Å². The molecule has 1 heterocycles. The van der Waals surface area contributed by atoms with Gasteiger partial charge in [0.1, 0.15) is 18.1 Å². The molecule has 0 aliphatic heterocycles. The summed E-state index contributed by atoms with van der Waals surface area (Å²) in [5.41, 5.74) is 8.74. The maximum Gasteiger partial charge on any atom is 0.326 e. The van der Waals surface area contributed by atoms with E-state index in [1.54, 1.807) is 38.1 Å². The summed E-state index contributed by atoms with van der Waals surface area (Å²) in [4.78, 5) is 53.5. The predicted octanol–water partition coefficient (Wildman–Crippen LogP) is 1.50. The number of fused-ring (bicyclic) bond motifs is 1. The van der Waals surface area contributed by atoms with E-state index >= 15 is 0 Å². The summed E-state index contributed by atoms with van der Waals surface area (Å²) in [6.07, 6.45) is 2.22. The standard InChI is InChI=1S/C28H35N5O5/c1-16(2)24(28(37)38)33-27(36)23(13-18-9-5-4-6-10-18)32-25(34)17(3)31-26(35)21(29)14-19-15-30-22-12-8-7-11-20(19)22/h4-12,15-17,21,23-24,30H,13-14,29H2,1-3H3,(H,31,35)(H,32,34)(H,33,36)(H,37,38). The second-order valence-corrected chi connectivity index (χ2v) is 9.72. The van der Waals surface area contributed by atoms with Crippen LogP contribution in [0.25, 0.3) is 10.9 Å². The van der Waals surface area contributed by atoms with Crippen LogP contribution in [-0.2, 0) is 32.0 Å². The van der Waals surface area contributed by atoms with Crippen LogP contribution in [0.3, 0.4) is 0 Å². The van der Waals surface area contributed by atoms with Gasteiger partial charge in [-0.05, 0) is 36.5 Å². The fourth-order valence-corrected chi connectivity index (χ4v) is 4.14. The van der Waals surface area contributed by atoms with E-state index < -0.39 is 47.9 Å². The van der Waals surface area contributed by atoms with Crippen LogP contribution in [0.1, 0.15) is 31.9 Å². The molecule has 0 spiro atoms. The van der Waals surface area contributed by atoms with Gasteiger partial charge in [0.15, 0.2) is 0 Å². The number of aromatic amines is 1. The number of carbonyl (C=O) groups excluding carboxylic acids is 3. The summed E-state index contributed by atoms with van der Waals surface area (Å²) in [6.45, 7) is 4.86. The topological polar surface area (TPSA) is 166 Å². The Morgan fingerprint density at radius 3 is 2.16 bits per heavy atom. The first-order valence-electron chi connectivity index (χ1n) is 12.5. The number of carboxylic acid groups (broad SMARTS) is 1. The second-order valence-electron chi connectivity index (χ2n) is 9.72. The number of aromatic nitrogens is 1. The molecule has 202 valence electrons. The van der Waals surface area contributed by atoms with E-state index in [4.69, 9.17) is 5.73 Å². The van der Waals surface area contributed by atoms with Gasteiger partial charge in [0.2, 0.25) is 17.7 Å². The van der Waals surface area contributed by atoms with Gasteiger partial charge in [-0.25, -0.2) is 4.79 Å². The van der Waals surface area contributed by atoms with Crippen molar-refractivity contribution in [1.29, 1.82) is 0 Å². The molecule has 0 fully saturated rings. The zero-order valence-corrected chi connectivity index (χ0v) is 21.7. The van der Waals surface area contributed by atoms with E-state index in [0.29, 0.717) is 0 Å². The zero-order valence-electron chi connectivity index (χ0n) is 21.7. The van der Waals surface area contributed by atoms with E-state index in [1.807, 2.05) is 36.5 Å². The highest BCUT2D eigenvalue weighted by Crippen LogP contribution is 2.18. The molecule has 7 N–H and O–H groups in total. The Labute approximate surface area is 221 Å². The smallest absolute Gasteiger partial charge is 0.326 e. The Kier molecular flexibility index (Phi) is 9.61. The van der Waals surface area contributed by atoms with E-state index in [0.717, 1.165) is 22.0 Å². The van der Waals surface area contributed by atoms with Crippen LogP contribution in [0.5, 0.6) is 0 Å². The summed E-state index contributed by atoms with van der Waals surface area (Å²) in [5.74, 6) is -3.25. The molecule has 0 saturated carbocycles. The van der Waals surface area contributed by atoms with Crippen LogP contribution in [0.15, 0.2) is 60.8 Å². The number of aliphatic carboxylic acids is 1. The van der Waals surface area contributed by atoms with Crippen LogP contribution >= 0.6 is 0 Å². The number of hydrogen-bond acceptors (Lipinski definition) is 5. The minimum atomic E-state index is -1.16. The van der Waals surface area contributed by atoms with Crippen molar-refractivity contribution in [2.24, 2.45) is 11.7 Å². The molecule has 0 bridgehead atoms. The van der Waals surface area contributed by atoms with Gasteiger partial charge in [0.25, 0.3) is 0 Å². The second kappa shape index (κ2) is 12.9. The normalized spacial score (nSPS) is 14.3. The lowest BCUT2D eigenvalue weighted by Gasteiger charge is -2.25. The molecule has 3 rings (SSSR count). The number of amides is 3. The molecule has 0 saturated heterocycles. The fourth-order valence-electron chi connectivity index (χ4n) is 4.14. The number of carboxylic acids is 1. The molecule has 0 aliphatic rings. The van der Waals surface area contributed by atoms with Crippen molar-refractivity contribution in [3.05, 3.63) is 71.9 Å². The molecule has 38 heavy (non-hydrogen) atoms. The molecule has 3 amide bonds. The largest absolute Gasteiger partial charge is 0.480 e. The molecule has 0 radical (unpaired) electrons. The summed E-state index contributed by atoms with van der Waals surface area (Å²) >= 11 is 0. The number of H-pyrrole nitrogens is 1. The first-order valence-corrected chi connectivity index (χ1v) is 12.5. The van der Waals surface area contributed by atoms with Crippen molar-refractivity contribution < 1.29 is 24.3 Å². The van der Waals surface area contributed by atoms with E-state index in [1.165, 1.54) is 6.92 Å². The number of para-hydroxylation sites is 1. The third kappa shape index (κ3) is 7.42. The molecule has 10 nitrogen and oxygen atoms in total. The highest BCUT2D eigenvalue weighted by Gasteiger charge is 2.30. The van der Waals surface area contributed by atoms with Crippen LogP contribution < -0.4 is 21.7 Å². The molecular weight excluding hydrogens is 486 g/mol. The van der Waals surface area contributed by atoms with Gasteiger partial charge >= 0.3 is 5.97 Å². The zero-order chi connectivity index (χ0) is 27.8. The SMILES string of the molecule is CC(NC(=O)C(N)Cc1c[nH]c2ccccc12)C(=O)NC(Cc1ccccc1)C(=O)NC(C(=O)O)C(C)C. The molecule has 2 aromatic carbocycles. The number of nitrogens with one attached hydrogen (secondary N) is 4. The molecule has 1 aromatic heterocycles. The monoisotopic (exact) mass is 521 g/mol. The van der Waals surface area contributed by atoms with Crippen molar-refractivity contribution in [3.63, 3.8) is 0 Å². The Hall–Kier alpha value is -4.18. The van der Waals surface area contributed by atoms with Gasteiger partial charge < -0.3 is 31.8 Å². The van der Waals surface area contributed by atoms with Crippen molar-refractivity contribution in [2.45, 2.75) is 57.8 Å². The first-order chi connectivity index (χ1) is 18.1. The molecule has 3 aromatic rings. The third-order valence-electron chi connectivity index (χ3n) is 6.35. The van der Waals surface area contributed by atoms with Gasteiger partial charge in [-0.3, -0.25) is 14.4 Å². The highest BCUT2D eigenvalue weighted by atomic mass is 16.4. The van der Waals surface area contributed by atoms with Gasteiger partial charge in [0, 0.05) is 23.5 Å². The molecule has 4 unspecified atom stereocenters. The van der Waals surface area contributed by atoms with Gasteiger partial charge in [-0.15, -0.1) is 0 Å². The quantitative estimate of drug-likeness (QED) is 0.211. The lowest BCUT2D eigenvalue weighted by atomic mass is 10.0. The highest BCUT2D eigenvalue weighted by molar-refractivity contribution is 5.94. The lowest BCUT2D eigenvalue weighted by molar-refractivity contribution is -0.143. The Morgan fingerprint density at radius 1 is 0.842 bits per heavy atom. The molecule has 0 aliphatic carbocycles. The van der Waals surface area contributed by atoms with Crippen LogP contribution in [-0.4, -0.2) is 57.9 Å². The van der Waals surface area contributed by atoms with Gasteiger partial charge in [0.05, 0.1) is 6.04 Å². The average Bonchev–Trinajstić information content (AvgIpc) is 3.29. The minimum absolute atomic E-state index is 0.142. The minimum Gasteiger partial charge on any atom is -0.480 e. The van der Waals surface area contributed by atoms with Gasteiger partial charge in [-0.1, -0.05) is 62.4 Å².